The molecule has 2 N–H and O–H groups in total. The van der Waals surface area contributed by atoms with Gasteiger partial charge in [-0.25, -0.2) is 17.5 Å². The number of morpholine rings is 1. The van der Waals surface area contributed by atoms with Crippen LogP contribution in [0.15, 0.2) is 29.2 Å². The minimum atomic E-state index is -3.61. The lowest BCUT2D eigenvalue weighted by Crippen LogP contribution is -3.22. The van der Waals surface area contributed by atoms with Crippen LogP contribution in [0.2, 0.25) is 0 Å². The van der Waals surface area contributed by atoms with Gasteiger partial charge in [0.2, 0.25) is 10.0 Å². The standard InChI is InChI=1S/C14H21FN2O3S/c1-14(2,17-7-9-20-10-8-17)11-16-21(18,19)13-5-3-12(15)4-6-13/h3-6,16H,7-11H2,1-2H3/p+1. The molecule has 1 heterocycles. The van der Waals surface area contributed by atoms with E-state index in [0.29, 0.717) is 19.8 Å². The number of quaternary nitrogens is 1. The van der Waals surface area contributed by atoms with Gasteiger partial charge in [-0.1, -0.05) is 0 Å². The van der Waals surface area contributed by atoms with Crippen LogP contribution < -0.4 is 9.62 Å². The fourth-order valence-electron chi connectivity index (χ4n) is 2.39. The summed E-state index contributed by atoms with van der Waals surface area (Å²) in [5.74, 6) is -0.452. The molecule has 7 heteroatoms. The average molecular weight is 317 g/mol. The van der Waals surface area contributed by atoms with Crippen LogP contribution in [0, 0.1) is 5.82 Å². The molecule has 1 aromatic rings. The highest BCUT2D eigenvalue weighted by atomic mass is 32.2. The number of nitrogens with one attached hydrogen (secondary N) is 2. The third-order valence-electron chi connectivity index (χ3n) is 3.88. The first-order chi connectivity index (χ1) is 9.81. The smallest absolute Gasteiger partial charge is 0.240 e. The highest BCUT2D eigenvalue weighted by molar-refractivity contribution is 7.89. The number of benzene rings is 1. The van der Waals surface area contributed by atoms with E-state index in [1.807, 2.05) is 13.8 Å². The van der Waals surface area contributed by atoms with E-state index in [2.05, 4.69) is 4.72 Å². The van der Waals surface area contributed by atoms with Crippen molar-refractivity contribution in [1.29, 1.82) is 0 Å². The third kappa shape index (κ3) is 4.23. The zero-order chi connectivity index (χ0) is 15.5. The van der Waals surface area contributed by atoms with Crippen molar-refractivity contribution in [2.24, 2.45) is 0 Å². The van der Waals surface area contributed by atoms with E-state index in [1.165, 1.54) is 17.0 Å². The quantitative estimate of drug-likeness (QED) is 0.791. The van der Waals surface area contributed by atoms with Crippen molar-refractivity contribution >= 4 is 10.0 Å². The normalized spacial score (nSPS) is 17.9. The molecule has 0 radical (unpaired) electrons. The Morgan fingerprint density at radius 3 is 2.38 bits per heavy atom. The van der Waals surface area contributed by atoms with Gasteiger partial charge < -0.3 is 9.64 Å². The molecular weight excluding hydrogens is 295 g/mol. The molecule has 0 saturated carbocycles. The van der Waals surface area contributed by atoms with E-state index in [0.717, 1.165) is 25.2 Å². The lowest BCUT2D eigenvalue weighted by molar-refractivity contribution is -0.954. The van der Waals surface area contributed by atoms with Crippen molar-refractivity contribution in [2.45, 2.75) is 24.3 Å². The van der Waals surface area contributed by atoms with Crippen molar-refractivity contribution in [1.82, 2.24) is 4.72 Å². The molecule has 0 atom stereocenters. The predicted molar refractivity (Wildman–Crippen MR) is 77.2 cm³/mol. The van der Waals surface area contributed by atoms with Gasteiger partial charge in [0.1, 0.15) is 24.4 Å². The summed E-state index contributed by atoms with van der Waals surface area (Å²) in [4.78, 5) is 1.40. The predicted octanol–water partition coefficient (Wildman–Crippen LogP) is -0.202. The molecule has 0 aliphatic carbocycles. The van der Waals surface area contributed by atoms with E-state index in [1.54, 1.807) is 0 Å². The summed E-state index contributed by atoms with van der Waals surface area (Å²) in [5, 5.41) is 0. The molecule has 0 bridgehead atoms. The molecule has 0 spiro atoms. The Labute approximate surface area is 125 Å². The number of halogens is 1. The fourth-order valence-corrected chi connectivity index (χ4v) is 3.60. The second-order valence-electron chi connectivity index (χ2n) is 5.88. The molecular formula is C14H22FN2O3S+. The highest BCUT2D eigenvalue weighted by Gasteiger charge is 2.33. The molecule has 118 valence electrons. The largest absolute Gasteiger partial charge is 0.370 e. The van der Waals surface area contributed by atoms with Crippen molar-refractivity contribution < 1.29 is 22.4 Å². The third-order valence-corrected chi connectivity index (χ3v) is 5.30. The number of ether oxygens (including phenoxy) is 1. The number of sulfonamides is 1. The van der Waals surface area contributed by atoms with Crippen molar-refractivity contribution in [3.8, 4) is 0 Å². The molecule has 0 amide bonds. The molecule has 1 fully saturated rings. The number of rotatable bonds is 5. The van der Waals surface area contributed by atoms with E-state index in [-0.39, 0.29) is 10.4 Å². The van der Waals surface area contributed by atoms with Crippen LogP contribution in [0.5, 0.6) is 0 Å². The summed E-state index contributed by atoms with van der Waals surface area (Å²) < 4.78 is 45.2. The van der Waals surface area contributed by atoms with Crippen molar-refractivity contribution in [3.63, 3.8) is 0 Å². The van der Waals surface area contributed by atoms with Crippen molar-refractivity contribution in [3.05, 3.63) is 30.1 Å². The van der Waals surface area contributed by atoms with Crippen molar-refractivity contribution in [2.75, 3.05) is 32.8 Å². The van der Waals surface area contributed by atoms with Gasteiger partial charge in [-0.05, 0) is 38.1 Å². The maximum Gasteiger partial charge on any atom is 0.240 e. The summed E-state index contributed by atoms with van der Waals surface area (Å²) in [6.07, 6.45) is 0. The summed E-state index contributed by atoms with van der Waals surface area (Å²) in [5.41, 5.74) is -0.225. The first-order valence-electron chi connectivity index (χ1n) is 6.99. The Morgan fingerprint density at radius 2 is 1.81 bits per heavy atom. The summed E-state index contributed by atoms with van der Waals surface area (Å²) in [6.45, 7) is 7.51. The van der Waals surface area contributed by atoms with E-state index >= 15 is 0 Å². The van der Waals surface area contributed by atoms with Crippen LogP contribution in [-0.4, -0.2) is 46.8 Å². The monoisotopic (exact) mass is 317 g/mol. The molecule has 0 unspecified atom stereocenters. The molecule has 1 aromatic carbocycles. The Bertz CT molecular complexity index is 566. The van der Waals surface area contributed by atoms with Gasteiger partial charge in [-0.3, -0.25) is 0 Å². The van der Waals surface area contributed by atoms with Gasteiger partial charge in [-0.15, -0.1) is 0 Å². The van der Waals surface area contributed by atoms with Gasteiger partial charge in [0.05, 0.1) is 24.7 Å². The number of hydrogen-bond acceptors (Lipinski definition) is 3. The summed E-state index contributed by atoms with van der Waals surface area (Å²) in [7, 11) is -3.61. The van der Waals surface area contributed by atoms with Crippen LogP contribution in [-0.2, 0) is 14.8 Å². The van der Waals surface area contributed by atoms with Gasteiger partial charge >= 0.3 is 0 Å². The first-order valence-corrected chi connectivity index (χ1v) is 8.48. The molecule has 1 aliphatic heterocycles. The zero-order valence-corrected chi connectivity index (χ0v) is 13.2. The average Bonchev–Trinajstić information content (AvgIpc) is 2.47. The van der Waals surface area contributed by atoms with E-state index in [9.17, 15) is 12.8 Å². The zero-order valence-electron chi connectivity index (χ0n) is 12.4. The van der Waals surface area contributed by atoms with Crippen LogP contribution in [0.3, 0.4) is 0 Å². The molecule has 21 heavy (non-hydrogen) atoms. The SMILES string of the molecule is CC(C)(CNS(=O)(=O)c1ccc(F)cc1)[NH+]1CCOCC1. The first kappa shape index (κ1) is 16.4. The van der Waals surface area contributed by atoms with Crippen LogP contribution in [0.4, 0.5) is 4.39 Å². The Kier molecular flexibility index (Phi) is 4.98. The maximum atomic E-state index is 12.9. The highest BCUT2D eigenvalue weighted by Crippen LogP contribution is 2.10. The minimum absolute atomic E-state index is 0.0803. The minimum Gasteiger partial charge on any atom is -0.370 e. The lowest BCUT2D eigenvalue weighted by Gasteiger charge is -2.37. The molecule has 2 rings (SSSR count). The van der Waals surface area contributed by atoms with Crippen LogP contribution in [0.25, 0.3) is 0 Å². The second kappa shape index (κ2) is 6.39. The van der Waals surface area contributed by atoms with E-state index in [4.69, 9.17) is 4.74 Å². The molecule has 1 aliphatic rings. The van der Waals surface area contributed by atoms with Gasteiger partial charge in [0.25, 0.3) is 0 Å². The Balaban J connectivity index is 2.01. The van der Waals surface area contributed by atoms with Crippen LogP contribution >= 0.6 is 0 Å². The second-order valence-corrected chi connectivity index (χ2v) is 7.65. The Hall–Kier alpha value is -1.02. The Morgan fingerprint density at radius 1 is 1.24 bits per heavy atom. The van der Waals surface area contributed by atoms with Crippen LogP contribution in [0.1, 0.15) is 13.8 Å². The lowest BCUT2D eigenvalue weighted by atomic mass is 10.0. The maximum absolute atomic E-state index is 12.9. The van der Waals surface area contributed by atoms with E-state index < -0.39 is 15.8 Å². The fraction of sp³-hybridized carbons (Fsp3) is 0.571. The molecule has 5 nitrogen and oxygen atoms in total. The van der Waals surface area contributed by atoms with Gasteiger partial charge in [0.15, 0.2) is 0 Å². The van der Waals surface area contributed by atoms with Gasteiger partial charge in [-0.2, -0.15) is 0 Å². The topological polar surface area (TPSA) is 59.8 Å². The van der Waals surface area contributed by atoms with Gasteiger partial charge in [0, 0.05) is 0 Å². The molecule has 0 aromatic heterocycles. The summed E-state index contributed by atoms with van der Waals surface area (Å²) >= 11 is 0. The summed E-state index contributed by atoms with van der Waals surface area (Å²) in [6, 6.07) is 4.83. The molecule has 1 saturated heterocycles. The number of hydrogen-bond donors (Lipinski definition) is 2.